The van der Waals surface area contributed by atoms with Crippen LogP contribution in [0.15, 0.2) is 36.4 Å². The van der Waals surface area contributed by atoms with E-state index in [1.54, 1.807) is 24.3 Å². The van der Waals surface area contributed by atoms with Gasteiger partial charge in [0.1, 0.15) is 17.4 Å². The highest BCUT2D eigenvalue weighted by Crippen LogP contribution is 2.23. The van der Waals surface area contributed by atoms with E-state index in [0.717, 1.165) is 11.6 Å². The number of carboxylic acids is 1. The Morgan fingerprint density at radius 2 is 1.95 bits per heavy atom. The summed E-state index contributed by atoms with van der Waals surface area (Å²) in [6.07, 6.45) is 0. The lowest BCUT2D eigenvalue weighted by molar-refractivity contribution is 0.0692. The number of carboxylic acid groups (broad SMARTS) is 1. The summed E-state index contributed by atoms with van der Waals surface area (Å²) in [5.74, 6) is -2.80. The van der Waals surface area contributed by atoms with Gasteiger partial charge in [0.25, 0.3) is 0 Å². The number of para-hydroxylation sites is 1. The van der Waals surface area contributed by atoms with E-state index in [1.807, 2.05) is 0 Å². The van der Waals surface area contributed by atoms with Crippen LogP contribution in [0.2, 0.25) is 0 Å². The standard InChI is InChI=1S/C15H13F2NO3/c1-21-14-5-3-2-4-9(14)8-18-13-6-10(15(19)20)11(16)7-12(13)17/h2-7,18H,8H2,1H3,(H,19,20). The van der Waals surface area contributed by atoms with Crippen LogP contribution in [0.25, 0.3) is 0 Å². The van der Waals surface area contributed by atoms with Crippen LogP contribution >= 0.6 is 0 Å². The van der Waals surface area contributed by atoms with Gasteiger partial charge in [-0.2, -0.15) is 0 Å². The first-order valence-corrected chi connectivity index (χ1v) is 6.11. The van der Waals surface area contributed by atoms with E-state index in [9.17, 15) is 13.6 Å². The minimum Gasteiger partial charge on any atom is -0.496 e. The quantitative estimate of drug-likeness (QED) is 0.888. The van der Waals surface area contributed by atoms with Crippen molar-refractivity contribution in [2.24, 2.45) is 0 Å². The van der Waals surface area contributed by atoms with Crippen molar-refractivity contribution in [3.05, 3.63) is 59.2 Å². The van der Waals surface area contributed by atoms with Crippen LogP contribution in [0.4, 0.5) is 14.5 Å². The van der Waals surface area contributed by atoms with Gasteiger partial charge >= 0.3 is 5.97 Å². The van der Waals surface area contributed by atoms with Crippen molar-refractivity contribution >= 4 is 11.7 Å². The van der Waals surface area contributed by atoms with Crippen LogP contribution in [0.5, 0.6) is 5.75 Å². The van der Waals surface area contributed by atoms with E-state index in [-0.39, 0.29) is 12.2 Å². The van der Waals surface area contributed by atoms with Gasteiger partial charge in [0.05, 0.1) is 18.4 Å². The van der Waals surface area contributed by atoms with Crippen molar-refractivity contribution in [2.75, 3.05) is 12.4 Å². The van der Waals surface area contributed by atoms with Crippen molar-refractivity contribution in [3.63, 3.8) is 0 Å². The first kappa shape index (κ1) is 14.8. The molecule has 0 aliphatic heterocycles. The number of halogens is 2. The number of nitrogens with one attached hydrogen (secondary N) is 1. The lowest BCUT2D eigenvalue weighted by atomic mass is 10.1. The maximum absolute atomic E-state index is 13.7. The maximum atomic E-state index is 13.7. The van der Waals surface area contributed by atoms with E-state index >= 15 is 0 Å². The van der Waals surface area contributed by atoms with E-state index in [0.29, 0.717) is 11.8 Å². The van der Waals surface area contributed by atoms with Crippen molar-refractivity contribution in [2.45, 2.75) is 6.54 Å². The Bertz CT molecular complexity index is 674. The number of ether oxygens (including phenoxy) is 1. The Hall–Kier alpha value is -2.63. The Labute approximate surface area is 120 Å². The summed E-state index contributed by atoms with van der Waals surface area (Å²) >= 11 is 0. The third-order valence-corrected chi connectivity index (χ3v) is 2.95. The molecule has 2 rings (SSSR count). The predicted octanol–water partition coefficient (Wildman–Crippen LogP) is 3.28. The van der Waals surface area contributed by atoms with Crippen molar-refractivity contribution in [3.8, 4) is 5.75 Å². The maximum Gasteiger partial charge on any atom is 0.338 e. The minimum absolute atomic E-state index is 0.0836. The minimum atomic E-state index is -1.45. The summed E-state index contributed by atoms with van der Waals surface area (Å²) in [6.45, 7) is 0.214. The summed E-state index contributed by atoms with van der Waals surface area (Å²) < 4.78 is 32.1. The molecular weight excluding hydrogens is 280 g/mol. The Kier molecular flexibility index (Phi) is 4.37. The molecule has 0 spiro atoms. The molecule has 0 saturated heterocycles. The second-order valence-electron chi connectivity index (χ2n) is 4.28. The monoisotopic (exact) mass is 293 g/mol. The SMILES string of the molecule is COc1ccccc1CNc1cc(C(=O)O)c(F)cc1F. The molecule has 0 atom stereocenters. The Balaban J connectivity index is 2.24. The zero-order chi connectivity index (χ0) is 15.4. The van der Waals surface area contributed by atoms with Crippen LogP contribution in [-0.2, 0) is 6.54 Å². The topological polar surface area (TPSA) is 58.6 Å². The summed E-state index contributed by atoms with van der Waals surface area (Å²) in [6, 6.07) is 8.61. The first-order chi connectivity index (χ1) is 10.0. The molecule has 0 heterocycles. The summed E-state index contributed by atoms with van der Waals surface area (Å²) in [5, 5.41) is 11.6. The second-order valence-corrected chi connectivity index (χ2v) is 4.28. The lowest BCUT2D eigenvalue weighted by Crippen LogP contribution is -2.07. The van der Waals surface area contributed by atoms with Gasteiger partial charge in [-0.05, 0) is 12.1 Å². The third kappa shape index (κ3) is 3.28. The molecular formula is C15H13F2NO3. The summed E-state index contributed by atoms with van der Waals surface area (Å²) in [5.41, 5.74) is 0.0965. The molecule has 6 heteroatoms. The van der Waals surface area contributed by atoms with Gasteiger partial charge < -0.3 is 15.2 Å². The number of rotatable bonds is 5. The zero-order valence-corrected chi connectivity index (χ0v) is 11.2. The summed E-state index contributed by atoms with van der Waals surface area (Å²) in [4.78, 5) is 10.8. The lowest BCUT2D eigenvalue weighted by Gasteiger charge is -2.12. The first-order valence-electron chi connectivity index (χ1n) is 6.11. The molecule has 110 valence electrons. The highest BCUT2D eigenvalue weighted by molar-refractivity contribution is 5.89. The second kappa shape index (κ2) is 6.21. The van der Waals surface area contributed by atoms with Crippen molar-refractivity contribution < 1.29 is 23.4 Å². The van der Waals surface area contributed by atoms with E-state index in [1.165, 1.54) is 7.11 Å². The summed E-state index contributed by atoms with van der Waals surface area (Å²) in [7, 11) is 1.51. The fourth-order valence-corrected chi connectivity index (χ4v) is 1.89. The van der Waals surface area contributed by atoms with Crippen LogP contribution < -0.4 is 10.1 Å². The van der Waals surface area contributed by atoms with E-state index < -0.39 is 23.2 Å². The number of hydrogen-bond acceptors (Lipinski definition) is 3. The number of benzene rings is 2. The third-order valence-electron chi connectivity index (χ3n) is 2.95. The van der Waals surface area contributed by atoms with Crippen LogP contribution in [-0.4, -0.2) is 18.2 Å². The van der Waals surface area contributed by atoms with Gasteiger partial charge in [-0.3, -0.25) is 0 Å². The predicted molar refractivity (Wildman–Crippen MR) is 73.6 cm³/mol. The fraction of sp³-hybridized carbons (Fsp3) is 0.133. The van der Waals surface area contributed by atoms with Gasteiger partial charge in [0.15, 0.2) is 0 Å². The largest absolute Gasteiger partial charge is 0.496 e. The normalized spacial score (nSPS) is 10.2. The highest BCUT2D eigenvalue weighted by Gasteiger charge is 2.15. The van der Waals surface area contributed by atoms with Gasteiger partial charge in [0.2, 0.25) is 0 Å². The molecule has 0 aliphatic carbocycles. The fourth-order valence-electron chi connectivity index (χ4n) is 1.89. The number of carbonyl (C=O) groups is 1. The number of methoxy groups -OCH3 is 1. The highest BCUT2D eigenvalue weighted by atomic mass is 19.1. The van der Waals surface area contributed by atoms with E-state index in [4.69, 9.17) is 9.84 Å². The molecule has 0 unspecified atom stereocenters. The van der Waals surface area contributed by atoms with Crippen LogP contribution in [0.3, 0.4) is 0 Å². The molecule has 2 aromatic rings. The molecule has 0 fully saturated rings. The molecule has 0 aliphatic rings. The van der Waals surface area contributed by atoms with Crippen molar-refractivity contribution in [1.29, 1.82) is 0 Å². The van der Waals surface area contributed by atoms with Crippen molar-refractivity contribution in [1.82, 2.24) is 0 Å². The zero-order valence-electron chi connectivity index (χ0n) is 11.2. The molecule has 0 saturated carbocycles. The van der Waals surface area contributed by atoms with Gasteiger partial charge in [-0.15, -0.1) is 0 Å². The van der Waals surface area contributed by atoms with Crippen LogP contribution in [0.1, 0.15) is 15.9 Å². The Morgan fingerprint density at radius 3 is 2.62 bits per heavy atom. The number of aromatic carboxylic acids is 1. The average Bonchev–Trinajstić information content (AvgIpc) is 2.46. The number of anilines is 1. The molecule has 0 bridgehead atoms. The number of hydrogen-bond donors (Lipinski definition) is 2. The molecule has 0 radical (unpaired) electrons. The molecule has 0 aromatic heterocycles. The average molecular weight is 293 g/mol. The Morgan fingerprint density at radius 1 is 1.24 bits per heavy atom. The van der Waals surface area contributed by atoms with Gasteiger partial charge in [-0.25, -0.2) is 13.6 Å². The molecule has 4 nitrogen and oxygen atoms in total. The molecule has 0 amide bonds. The molecule has 2 aromatic carbocycles. The van der Waals surface area contributed by atoms with Gasteiger partial charge in [0, 0.05) is 18.2 Å². The van der Waals surface area contributed by atoms with Crippen LogP contribution in [0, 0.1) is 11.6 Å². The smallest absolute Gasteiger partial charge is 0.338 e. The molecule has 2 N–H and O–H groups in total. The van der Waals surface area contributed by atoms with E-state index in [2.05, 4.69) is 5.32 Å². The molecule has 21 heavy (non-hydrogen) atoms. The van der Waals surface area contributed by atoms with Gasteiger partial charge in [-0.1, -0.05) is 18.2 Å².